The highest BCUT2D eigenvalue weighted by Crippen LogP contribution is 2.27. The van der Waals surface area contributed by atoms with Gasteiger partial charge in [0.15, 0.2) is 5.82 Å². The highest BCUT2D eigenvalue weighted by molar-refractivity contribution is 9.10. The zero-order chi connectivity index (χ0) is 13.1. The second-order valence-corrected chi connectivity index (χ2v) is 4.73. The lowest BCUT2D eigenvalue weighted by Gasteiger charge is -2.11. The number of nitrogen functional groups attached to an aromatic ring is 1. The van der Waals surface area contributed by atoms with Crippen LogP contribution in [0.4, 0.5) is 17.2 Å². The van der Waals surface area contributed by atoms with E-state index in [9.17, 15) is 0 Å². The lowest BCUT2D eigenvalue weighted by molar-refractivity contribution is 1.27. The van der Waals surface area contributed by atoms with Gasteiger partial charge in [-0.2, -0.15) is 5.26 Å². The van der Waals surface area contributed by atoms with Crippen LogP contribution >= 0.6 is 15.9 Å². The third-order valence-corrected chi connectivity index (χ3v) is 3.06. The molecule has 0 saturated carbocycles. The van der Waals surface area contributed by atoms with Gasteiger partial charge in [-0.05, 0) is 36.8 Å². The smallest absolute Gasteiger partial charge is 0.153 e. The molecule has 0 aliphatic rings. The average Bonchev–Trinajstić information content (AvgIpc) is 2.37. The maximum Gasteiger partial charge on any atom is 0.153 e. The maximum absolute atomic E-state index is 9.08. The number of aromatic nitrogens is 1. The molecule has 0 radical (unpaired) electrons. The molecule has 2 rings (SSSR count). The van der Waals surface area contributed by atoms with Crippen molar-refractivity contribution >= 4 is 33.1 Å². The van der Waals surface area contributed by atoms with Crippen molar-refractivity contribution in [3.63, 3.8) is 0 Å². The molecule has 0 amide bonds. The molecule has 3 N–H and O–H groups in total. The second kappa shape index (κ2) is 5.07. The Bertz CT molecular complexity index is 631. The SMILES string of the molecule is Cc1ccnc(Nc2ccc(Br)cc2C#N)c1N. The van der Waals surface area contributed by atoms with Gasteiger partial charge < -0.3 is 11.1 Å². The predicted molar refractivity (Wildman–Crippen MR) is 75.5 cm³/mol. The van der Waals surface area contributed by atoms with Gasteiger partial charge in [0, 0.05) is 10.7 Å². The van der Waals surface area contributed by atoms with E-state index in [1.165, 1.54) is 0 Å². The zero-order valence-electron chi connectivity index (χ0n) is 9.74. The average molecular weight is 303 g/mol. The van der Waals surface area contributed by atoms with Crippen LogP contribution in [-0.4, -0.2) is 4.98 Å². The molecule has 18 heavy (non-hydrogen) atoms. The highest BCUT2D eigenvalue weighted by Gasteiger charge is 2.07. The molecule has 2 aromatic rings. The minimum Gasteiger partial charge on any atom is -0.396 e. The Labute approximate surface area is 114 Å². The van der Waals surface area contributed by atoms with Crippen LogP contribution in [0.1, 0.15) is 11.1 Å². The van der Waals surface area contributed by atoms with Gasteiger partial charge in [0.1, 0.15) is 6.07 Å². The number of nitriles is 1. The molecule has 0 atom stereocenters. The number of aryl methyl sites for hydroxylation is 1. The van der Waals surface area contributed by atoms with Crippen LogP contribution in [0.25, 0.3) is 0 Å². The number of rotatable bonds is 2. The van der Waals surface area contributed by atoms with E-state index in [0.29, 0.717) is 22.8 Å². The first-order valence-electron chi connectivity index (χ1n) is 5.29. The fourth-order valence-electron chi connectivity index (χ4n) is 1.51. The van der Waals surface area contributed by atoms with E-state index in [1.54, 1.807) is 12.3 Å². The Hall–Kier alpha value is -2.06. The Kier molecular flexibility index (Phi) is 3.49. The Morgan fingerprint density at radius 3 is 2.89 bits per heavy atom. The second-order valence-electron chi connectivity index (χ2n) is 3.82. The van der Waals surface area contributed by atoms with E-state index >= 15 is 0 Å². The van der Waals surface area contributed by atoms with Gasteiger partial charge in [-0.25, -0.2) is 4.98 Å². The summed E-state index contributed by atoms with van der Waals surface area (Å²) in [6, 6.07) is 9.38. The topological polar surface area (TPSA) is 74.7 Å². The monoisotopic (exact) mass is 302 g/mol. The van der Waals surface area contributed by atoms with Gasteiger partial charge in [0.2, 0.25) is 0 Å². The van der Waals surface area contributed by atoms with E-state index in [-0.39, 0.29) is 0 Å². The predicted octanol–water partition coefficient (Wildman–Crippen LogP) is 3.35. The summed E-state index contributed by atoms with van der Waals surface area (Å²) in [4.78, 5) is 4.17. The molecule has 90 valence electrons. The van der Waals surface area contributed by atoms with E-state index in [1.807, 2.05) is 25.1 Å². The molecule has 0 spiro atoms. The van der Waals surface area contributed by atoms with Crippen LogP contribution < -0.4 is 11.1 Å². The molecule has 1 heterocycles. The zero-order valence-corrected chi connectivity index (χ0v) is 11.3. The minimum atomic E-state index is 0.534. The summed E-state index contributed by atoms with van der Waals surface area (Å²) in [7, 11) is 0. The Balaban J connectivity index is 2.41. The van der Waals surface area contributed by atoms with Crippen molar-refractivity contribution < 1.29 is 0 Å². The first kappa shape index (κ1) is 12.4. The lowest BCUT2D eigenvalue weighted by Crippen LogP contribution is -2.02. The Morgan fingerprint density at radius 2 is 2.17 bits per heavy atom. The van der Waals surface area contributed by atoms with Gasteiger partial charge in [0.25, 0.3) is 0 Å². The van der Waals surface area contributed by atoms with E-state index < -0.39 is 0 Å². The van der Waals surface area contributed by atoms with Crippen molar-refractivity contribution in [2.45, 2.75) is 6.92 Å². The molecule has 0 aliphatic heterocycles. The van der Waals surface area contributed by atoms with Crippen LogP contribution in [-0.2, 0) is 0 Å². The summed E-state index contributed by atoms with van der Waals surface area (Å²) >= 11 is 3.33. The number of nitrogens with one attached hydrogen (secondary N) is 1. The summed E-state index contributed by atoms with van der Waals surface area (Å²) in [5, 5.41) is 12.2. The van der Waals surface area contributed by atoms with Crippen LogP contribution in [0.2, 0.25) is 0 Å². The van der Waals surface area contributed by atoms with Crippen molar-refractivity contribution in [1.29, 1.82) is 5.26 Å². The van der Waals surface area contributed by atoms with Crippen molar-refractivity contribution in [3.8, 4) is 6.07 Å². The number of halogens is 1. The Morgan fingerprint density at radius 1 is 1.39 bits per heavy atom. The van der Waals surface area contributed by atoms with Crippen LogP contribution in [0.3, 0.4) is 0 Å². The van der Waals surface area contributed by atoms with Gasteiger partial charge in [-0.15, -0.1) is 0 Å². The number of benzene rings is 1. The summed E-state index contributed by atoms with van der Waals surface area (Å²) in [6.45, 7) is 1.91. The summed E-state index contributed by atoms with van der Waals surface area (Å²) in [5.74, 6) is 0.564. The van der Waals surface area contributed by atoms with Crippen molar-refractivity contribution in [2.24, 2.45) is 0 Å². The molecule has 4 nitrogen and oxygen atoms in total. The molecule has 0 bridgehead atoms. The molecular weight excluding hydrogens is 292 g/mol. The number of hydrogen-bond donors (Lipinski definition) is 2. The first-order chi connectivity index (χ1) is 8.61. The number of hydrogen-bond acceptors (Lipinski definition) is 4. The summed E-state index contributed by atoms with van der Waals surface area (Å²) in [6.07, 6.45) is 1.68. The van der Waals surface area contributed by atoms with Crippen LogP contribution in [0.5, 0.6) is 0 Å². The van der Waals surface area contributed by atoms with Gasteiger partial charge in [-0.3, -0.25) is 0 Å². The molecule has 0 fully saturated rings. The third-order valence-electron chi connectivity index (χ3n) is 2.56. The number of pyridine rings is 1. The van der Waals surface area contributed by atoms with Crippen molar-refractivity contribution in [2.75, 3.05) is 11.1 Å². The largest absolute Gasteiger partial charge is 0.396 e. The van der Waals surface area contributed by atoms with Gasteiger partial charge in [-0.1, -0.05) is 15.9 Å². The molecule has 0 aliphatic carbocycles. The fraction of sp³-hybridized carbons (Fsp3) is 0.0769. The number of anilines is 3. The van der Waals surface area contributed by atoms with Crippen molar-refractivity contribution in [1.82, 2.24) is 4.98 Å². The van der Waals surface area contributed by atoms with Gasteiger partial charge in [0.05, 0.1) is 16.9 Å². The molecule has 1 aromatic carbocycles. The van der Waals surface area contributed by atoms with Gasteiger partial charge >= 0.3 is 0 Å². The summed E-state index contributed by atoms with van der Waals surface area (Å²) in [5.41, 5.74) is 8.69. The number of nitrogens with zero attached hydrogens (tertiary/aromatic N) is 2. The lowest BCUT2D eigenvalue weighted by atomic mass is 10.2. The molecule has 0 unspecified atom stereocenters. The normalized spacial score (nSPS) is 9.83. The molecule has 5 heteroatoms. The quantitative estimate of drug-likeness (QED) is 0.892. The van der Waals surface area contributed by atoms with E-state index in [2.05, 4.69) is 32.3 Å². The third kappa shape index (κ3) is 2.44. The fourth-order valence-corrected chi connectivity index (χ4v) is 1.88. The standard InChI is InChI=1S/C13H11BrN4/c1-8-4-5-17-13(12(8)16)18-11-3-2-10(14)6-9(11)7-15/h2-6H,16H2,1H3,(H,17,18). The molecule has 0 saturated heterocycles. The van der Waals surface area contributed by atoms with Crippen LogP contribution in [0, 0.1) is 18.3 Å². The number of nitrogens with two attached hydrogens (primary N) is 1. The maximum atomic E-state index is 9.08. The highest BCUT2D eigenvalue weighted by atomic mass is 79.9. The van der Waals surface area contributed by atoms with E-state index in [0.717, 1.165) is 10.0 Å². The summed E-state index contributed by atoms with van der Waals surface area (Å²) < 4.78 is 0.856. The van der Waals surface area contributed by atoms with E-state index in [4.69, 9.17) is 11.0 Å². The van der Waals surface area contributed by atoms with Crippen LogP contribution in [0.15, 0.2) is 34.9 Å². The minimum absolute atomic E-state index is 0.534. The first-order valence-corrected chi connectivity index (χ1v) is 6.09. The molecular formula is C13H11BrN4. The molecule has 1 aromatic heterocycles. The van der Waals surface area contributed by atoms with Crippen molar-refractivity contribution in [3.05, 3.63) is 46.1 Å².